The molecule has 0 amide bonds. The zero-order valence-corrected chi connectivity index (χ0v) is 29.9. The van der Waals surface area contributed by atoms with Crippen LogP contribution in [0, 0.1) is 0 Å². The van der Waals surface area contributed by atoms with Crippen molar-refractivity contribution in [3.05, 3.63) is 156 Å². The number of aliphatic hydroxyl groups excluding tert-OH is 2. The Bertz CT molecular complexity index is 2230. The summed E-state index contributed by atoms with van der Waals surface area (Å²) in [7, 11) is 4.50. The monoisotopic (exact) mass is 744 g/mol. The molecule has 55 heavy (non-hydrogen) atoms. The predicted octanol–water partition coefficient (Wildman–Crippen LogP) is 7.66. The molecule has 6 rings (SSSR count). The molecule has 0 saturated heterocycles. The van der Waals surface area contributed by atoms with Gasteiger partial charge < -0.3 is 48.5 Å². The van der Waals surface area contributed by atoms with Gasteiger partial charge in [-0.2, -0.15) is 0 Å². The van der Waals surface area contributed by atoms with Crippen LogP contribution in [0.1, 0.15) is 44.4 Å². The first-order chi connectivity index (χ1) is 26.7. The lowest BCUT2D eigenvalue weighted by molar-refractivity contribution is -0.0197. The highest BCUT2D eigenvalue weighted by atomic mass is 16.6. The van der Waals surface area contributed by atoms with Gasteiger partial charge in [-0.3, -0.25) is 0 Å². The van der Waals surface area contributed by atoms with E-state index >= 15 is 0 Å². The van der Waals surface area contributed by atoms with Crippen molar-refractivity contribution in [1.29, 1.82) is 0 Å². The third-order valence-electron chi connectivity index (χ3n) is 8.34. The smallest absolute Gasteiger partial charge is 0.343 e. The van der Waals surface area contributed by atoms with Crippen LogP contribution in [0.25, 0.3) is 11.1 Å². The molecule has 0 aromatic heterocycles. The van der Waals surface area contributed by atoms with Crippen LogP contribution in [0.15, 0.2) is 133 Å². The zero-order valence-electron chi connectivity index (χ0n) is 29.9. The third kappa shape index (κ3) is 8.96. The lowest BCUT2D eigenvalue weighted by atomic mass is 10.0. The molecule has 0 saturated carbocycles. The van der Waals surface area contributed by atoms with Crippen LogP contribution in [0.2, 0.25) is 0 Å². The van der Waals surface area contributed by atoms with Gasteiger partial charge in [-0.1, -0.05) is 12.1 Å². The number of ether oxygens (including phenoxy) is 7. The highest BCUT2D eigenvalue weighted by molar-refractivity contribution is 5.94. The van der Waals surface area contributed by atoms with Gasteiger partial charge in [-0.05, 0) is 121 Å². The third-order valence-corrected chi connectivity index (χ3v) is 8.34. The molecule has 0 spiro atoms. The number of benzene rings is 6. The van der Waals surface area contributed by atoms with Crippen LogP contribution in [-0.4, -0.2) is 48.6 Å². The number of methoxy groups -OCH3 is 3. The summed E-state index contributed by atoms with van der Waals surface area (Å²) in [6, 6.07) is 34.5. The summed E-state index contributed by atoms with van der Waals surface area (Å²) >= 11 is 0. The minimum Gasteiger partial charge on any atom is -0.507 e. The SMILES string of the molecule is COc1ccc(C(=O)Oc2ccc(C(O)Oc3cccc(OC)c3-c3c(O)cccc3OC(=O)c3ccc(OC(O)c4ccc(OC)cc4)cc3)cc2)cc1. The Kier molecular flexibility index (Phi) is 11.8. The second-order valence-electron chi connectivity index (χ2n) is 11.8. The van der Waals surface area contributed by atoms with Gasteiger partial charge in [0, 0.05) is 11.1 Å². The first kappa shape index (κ1) is 37.7. The first-order valence-electron chi connectivity index (χ1n) is 16.8. The van der Waals surface area contributed by atoms with Crippen molar-refractivity contribution in [2.45, 2.75) is 12.6 Å². The van der Waals surface area contributed by atoms with Gasteiger partial charge in [0.25, 0.3) is 0 Å². The second kappa shape index (κ2) is 17.2. The van der Waals surface area contributed by atoms with Gasteiger partial charge >= 0.3 is 11.9 Å². The summed E-state index contributed by atoms with van der Waals surface area (Å²) in [4.78, 5) is 26.0. The lowest BCUT2D eigenvalue weighted by Gasteiger charge is -2.21. The minimum absolute atomic E-state index is 0.0212. The Morgan fingerprint density at radius 1 is 0.455 bits per heavy atom. The van der Waals surface area contributed by atoms with Crippen LogP contribution in [0.5, 0.6) is 46.0 Å². The van der Waals surface area contributed by atoms with Crippen LogP contribution in [0.4, 0.5) is 0 Å². The number of phenols is 1. The van der Waals surface area contributed by atoms with Gasteiger partial charge in [0.05, 0.1) is 43.6 Å². The summed E-state index contributed by atoms with van der Waals surface area (Å²) < 4.78 is 38.7. The van der Waals surface area contributed by atoms with E-state index in [1.807, 2.05) is 0 Å². The Morgan fingerprint density at radius 3 is 1.47 bits per heavy atom. The van der Waals surface area contributed by atoms with Crippen molar-refractivity contribution in [3.63, 3.8) is 0 Å². The van der Waals surface area contributed by atoms with E-state index in [0.29, 0.717) is 33.9 Å². The summed E-state index contributed by atoms with van der Waals surface area (Å²) in [5, 5.41) is 32.8. The van der Waals surface area contributed by atoms with E-state index in [1.54, 1.807) is 73.8 Å². The fraction of sp³-hybridized carbons (Fsp3) is 0.116. The molecule has 2 unspecified atom stereocenters. The van der Waals surface area contributed by atoms with Crippen molar-refractivity contribution in [2.24, 2.45) is 0 Å². The fourth-order valence-electron chi connectivity index (χ4n) is 5.46. The van der Waals surface area contributed by atoms with E-state index in [-0.39, 0.29) is 45.4 Å². The van der Waals surface area contributed by atoms with Gasteiger partial charge in [0.2, 0.25) is 12.6 Å². The van der Waals surface area contributed by atoms with Crippen LogP contribution >= 0.6 is 0 Å². The fourth-order valence-corrected chi connectivity index (χ4v) is 5.46. The molecule has 0 radical (unpaired) electrons. The molecular weight excluding hydrogens is 708 g/mol. The molecular formula is C43H36O12. The van der Waals surface area contributed by atoms with Crippen LogP contribution in [0.3, 0.4) is 0 Å². The number of rotatable bonds is 14. The summed E-state index contributed by atoms with van der Waals surface area (Å²) in [5.74, 6) is 0.532. The van der Waals surface area contributed by atoms with E-state index in [1.165, 1.54) is 80.9 Å². The summed E-state index contributed by atoms with van der Waals surface area (Å²) in [6.07, 6.45) is -2.78. The first-order valence-corrected chi connectivity index (χ1v) is 16.8. The van der Waals surface area contributed by atoms with E-state index in [4.69, 9.17) is 33.2 Å². The quantitative estimate of drug-likeness (QED) is 0.0569. The molecule has 0 aliphatic carbocycles. The number of carbonyl (C=O) groups is 2. The van der Waals surface area contributed by atoms with E-state index < -0.39 is 24.5 Å². The molecule has 3 N–H and O–H groups in total. The Labute approximate surface area is 316 Å². The molecule has 280 valence electrons. The summed E-state index contributed by atoms with van der Waals surface area (Å²) in [5.41, 5.74) is 1.59. The number of phenolic OH excluding ortho intramolecular Hbond substituents is 1. The van der Waals surface area contributed by atoms with Crippen molar-refractivity contribution >= 4 is 11.9 Å². The zero-order chi connectivity index (χ0) is 38.9. The maximum absolute atomic E-state index is 13.4. The average Bonchev–Trinajstić information content (AvgIpc) is 3.21. The molecule has 0 fully saturated rings. The van der Waals surface area contributed by atoms with Gasteiger partial charge in [-0.15, -0.1) is 0 Å². The number of hydrogen-bond acceptors (Lipinski definition) is 12. The summed E-state index contributed by atoms with van der Waals surface area (Å²) in [6.45, 7) is 0. The number of aromatic hydroxyl groups is 1. The Hall–Kier alpha value is -7.02. The normalized spacial score (nSPS) is 11.8. The van der Waals surface area contributed by atoms with Crippen molar-refractivity contribution in [1.82, 2.24) is 0 Å². The van der Waals surface area contributed by atoms with Crippen molar-refractivity contribution in [3.8, 4) is 57.1 Å². The maximum atomic E-state index is 13.4. The Balaban J connectivity index is 1.18. The van der Waals surface area contributed by atoms with Crippen molar-refractivity contribution in [2.75, 3.05) is 21.3 Å². The highest BCUT2D eigenvalue weighted by Gasteiger charge is 2.25. The number of carbonyl (C=O) groups excluding carboxylic acids is 2. The molecule has 6 aromatic carbocycles. The molecule has 2 atom stereocenters. The second-order valence-corrected chi connectivity index (χ2v) is 11.8. The van der Waals surface area contributed by atoms with Gasteiger partial charge in [0.1, 0.15) is 46.0 Å². The van der Waals surface area contributed by atoms with Gasteiger partial charge in [0.15, 0.2) is 0 Å². The topological polar surface area (TPSA) is 159 Å². The number of aliphatic hydroxyl groups is 2. The molecule has 0 aliphatic rings. The number of hydrogen-bond donors (Lipinski definition) is 3. The molecule has 12 heteroatoms. The standard InChI is InChI=1S/C43H36O12/c1-49-30-18-10-26(11-19-30)40(45)52-32-22-14-28(15-23-32)42(47)54-36-8-4-6-34(44)38(36)39-35(51-3)7-5-9-37(39)55-43(48)29-16-24-33(25-17-29)53-41(46)27-12-20-31(50-2)21-13-27/h4-25,40,43-45,48H,1-3H3. The lowest BCUT2D eigenvalue weighted by Crippen LogP contribution is -2.11. The van der Waals surface area contributed by atoms with Crippen LogP contribution < -0.4 is 33.2 Å². The minimum atomic E-state index is -1.52. The van der Waals surface area contributed by atoms with E-state index in [0.717, 1.165) is 0 Å². The molecule has 0 heterocycles. The highest BCUT2D eigenvalue weighted by Crippen LogP contribution is 2.48. The van der Waals surface area contributed by atoms with E-state index in [9.17, 15) is 24.9 Å². The van der Waals surface area contributed by atoms with Crippen LogP contribution in [-0.2, 0) is 0 Å². The predicted molar refractivity (Wildman–Crippen MR) is 200 cm³/mol. The molecule has 0 bridgehead atoms. The van der Waals surface area contributed by atoms with Gasteiger partial charge in [-0.25, -0.2) is 9.59 Å². The molecule has 6 aromatic rings. The average molecular weight is 745 g/mol. The van der Waals surface area contributed by atoms with Crippen molar-refractivity contribution < 1.29 is 58.1 Å². The largest absolute Gasteiger partial charge is 0.507 e. The molecule has 0 aliphatic heterocycles. The maximum Gasteiger partial charge on any atom is 0.343 e. The Morgan fingerprint density at radius 2 is 0.909 bits per heavy atom. The number of esters is 2. The van der Waals surface area contributed by atoms with E-state index in [2.05, 4.69) is 0 Å². The molecule has 12 nitrogen and oxygen atoms in total.